The molecule has 0 unspecified atom stereocenters. The number of carbonyl (C=O) groups excluding carboxylic acids is 1. The molecule has 0 aromatic heterocycles. The maximum Gasteiger partial charge on any atom is 0.246 e. The normalized spacial score (nSPS) is 16.5. The van der Waals surface area contributed by atoms with Crippen LogP contribution in [0.4, 0.5) is 10.1 Å². The number of para-hydroxylation sites is 2. The molecule has 1 atom stereocenters. The van der Waals surface area contributed by atoms with E-state index in [2.05, 4.69) is 5.32 Å². The number of aromatic hydroxyl groups is 1. The van der Waals surface area contributed by atoms with Crippen molar-refractivity contribution in [1.82, 2.24) is 4.90 Å². The first kappa shape index (κ1) is 16.4. The highest BCUT2D eigenvalue weighted by Gasteiger charge is 2.29. The molecule has 0 aliphatic carbocycles. The van der Waals surface area contributed by atoms with E-state index < -0.39 is 6.04 Å². The Morgan fingerprint density at radius 1 is 1.17 bits per heavy atom. The van der Waals surface area contributed by atoms with Crippen molar-refractivity contribution in [3.05, 3.63) is 59.9 Å². The van der Waals surface area contributed by atoms with Crippen LogP contribution in [0.3, 0.4) is 0 Å². The predicted octanol–water partition coefficient (Wildman–Crippen LogP) is 2.54. The van der Waals surface area contributed by atoms with Crippen molar-refractivity contribution in [2.75, 3.05) is 31.6 Å². The van der Waals surface area contributed by atoms with Crippen molar-refractivity contribution in [2.24, 2.45) is 0 Å². The highest BCUT2D eigenvalue weighted by molar-refractivity contribution is 5.96. The lowest BCUT2D eigenvalue weighted by molar-refractivity contribution is -0.123. The first-order valence-electron chi connectivity index (χ1n) is 7.81. The van der Waals surface area contributed by atoms with Crippen LogP contribution in [0.5, 0.6) is 5.75 Å². The first-order chi connectivity index (χ1) is 11.6. The van der Waals surface area contributed by atoms with E-state index >= 15 is 0 Å². The molecule has 1 aliphatic heterocycles. The number of benzene rings is 2. The number of rotatable bonds is 4. The van der Waals surface area contributed by atoms with Crippen LogP contribution < -0.4 is 5.32 Å². The van der Waals surface area contributed by atoms with E-state index in [1.54, 1.807) is 30.3 Å². The van der Waals surface area contributed by atoms with Crippen molar-refractivity contribution in [2.45, 2.75) is 6.04 Å². The van der Waals surface area contributed by atoms with Crippen LogP contribution in [0.2, 0.25) is 0 Å². The van der Waals surface area contributed by atoms with Gasteiger partial charge in [0.15, 0.2) is 0 Å². The van der Waals surface area contributed by atoms with Gasteiger partial charge in [0.05, 0.1) is 18.9 Å². The number of nitrogens with zero attached hydrogens (tertiary/aromatic N) is 1. The minimum atomic E-state index is -0.649. The highest BCUT2D eigenvalue weighted by atomic mass is 19.1. The average Bonchev–Trinajstić information content (AvgIpc) is 2.58. The molecule has 2 N–H and O–H groups in total. The number of nitrogens with one attached hydrogen (secondary N) is 1. The number of hydrogen-bond acceptors (Lipinski definition) is 4. The van der Waals surface area contributed by atoms with Crippen LogP contribution in [0.15, 0.2) is 48.5 Å². The van der Waals surface area contributed by atoms with E-state index in [0.717, 1.165) is 0 Å². The zero-order valence-electron chi connectivity index (χ0n) is 13.1. The summed E-state index contributed by atoms with van der Waals surface area (Å²) in [6.07, 6.45) is 0. The molecule has 3 rings (SSSR count). The summed E-state index contributed by atoms with van der Waals surface area (Å²) in [6, 6.07) is 11.9. The fourth-order valence-electron chi connectivity index (χ4n) is 2.82. The Kier molecular flexibility index (Phi) is 5.08. The molecule has 24 heavy (non-hydrogen) atoms. The number of hydrogen-bond donors (Lipinski definition) is 2. The van der Waals surface area contributed by atoms with Crippen molar-refractivity contribution < 1.29 is 19.0 Å². The summed E-state index contributed by atoms with van der Waals surface area (Å²) in [4.78, 5) is 14.8. The summed E-state index contributed by atoms with van der Waals surface area (Å²) in [5.41, 5.74) is 0.905. The smallest absolute Gasteiger partial charge is 0.246 e. The van der Waals surface area contributed by atoms with Gasteiger partial charge in [0, 0.05) is 13.1 Å². The van der Waals surface area contributed by atoms with Crippen molar-refractivity contribution >= 4 is 11.6 Å². The summed E-state index contributed by atoms with van der Waals surface area (Å²) >= 11 is 0. The van der Waals surface area contributed by atoms with Gasteiger partial charge in [-0.15, -0.1) is 0 Å². The first-order valence-corrected chi connectivity index (χ1v) is 7.81. The largest absolute Gasteiger partial charge is 0.506 e. The highest BCUT2D eigenvalue weighted by Crippen LogP contribution is 2.27. The molecule has 2 aromatic rings. The number of morpholine rings is 1. The minimum absolute atomic E-state index is 0.00850. The van der Waals surface area contributed by atoms with Gasteiger partial charge in [0.1, 0.15) is 17.6 Å². The van der Waals surface area contributed by atoms with Gasteiger partial charge in [-0.2, -0.15) is 0 Å². The average molecular weight is 330 g/mol. The molecular weight excluding hydrogens is 311 g/mol. The lowest BCUT2D eigenvalue weighted by Crippen LogP contribution is -2.43. The van der Waals surface area contributed by atoms with E-state index in [1.165, 1.54) is 18.2 Å². The molecule has 0 radical (unpaired) electrons. The summed E-state index contributed by atoms with van der Waals surface area (Å²) < 4.78 is 19.0. The molecular formula is C18H19FN2O3. The van der Waals surface area contributed by atoms with Gasteiger partial charge in [0.25, 0.3) is 0 Å². The fourth-order valence-corrected chi connectivity index (χ4v) is 2.82. The third-order valence-electron chi connectivity index (χ3n) is 3.99. The Bertz CT molecular complexity index is 717. The van der Waals surface area contributed by atoms with E-state index in [-0.39, 0.29) is 17.5 Å². The number of amides is 1. The van der Waals surface area contributed by atoms with Gasteiger partial charge in [-0.25, -0.2) is 4.39 Å². The van der Waals surface area contributed by atoms with Crippen LogP contribution in [0.25, 0.3) is 0 Å². The van der Waals surface area contributed by atoms with E-state index in [1.807, 2.05) is 4.90 Å². The number of ether oxygens (including phenoxy) is 1. The second kappa shape index (κ2) is 7.42. The standard InChI is InChI=1S/C18H19FN2O3/c19-14-5-3-4-13(12-14)17(21-8-10-24-11-9-21)18(23)20-15-6-1-2-7-16(15)22/h1-7,12,17,22H,8-11H2,(H,20,23)/t17-/m1/s1. The molecule has 1 fully saturated rings. The molecule has 0 spiro atoms. The molecule has 1 saturated heterocycles. The Morgan fingerprint density at radius 3 is 2.62 bits per heavy atom. The zero-order valence-corrected chi connectivity index (χ0v) is 13.1. The van der Waals surface area contributed by atoms with Gasteiger partial charge in [0.2, 0.25) is 5.91 Å². The van der Waals surface area contributed by atoms with Crippen molar-refractivity contribution in [3.63, 3.8) is 0 Å². The van der Waals surface area contributed by atoms with E-state index in [9.17, 15) is 14.3 Å². The topological polar surface area (TPSA) is 61.8 Å². The Morgan fingerprint density at radius 2 is 1.92 bits per heavy atom. The maximum atomic E-state index is 13.6. The molecule has 5 nitrogen and oxygen atoms in total. The minimum Gasteiger partial charge on any atom is -0.506 e. The molecule has 2 aromatic carbocycles. The van der Waals surface area contributed by atoms with Crippen molar-refractivity contribution in [3.8, 4) is 5.75 Å². The van der Waals surface area contributed by atoms with Crippen LogP contribution in [-0.4, -0.2) is 42.2 Å². The van der Waals surface area contributed by atoms with Gasteiger partial charge in [-0.05, 0) is 29.8 Å². The van der Waals surface area contributed by atoms with Crippen LogP contribution in [0.1, 0.15) is 11.6 Å². The van der Waals surface area contributed by atoms with E-state index in [4.69, 9.17) is 4.74 Å². The summed E-state index contributed by atoms with van der Waals surface area (Å²) in [5, 5.41) is 12.6. The fraction of sp³-hybridized carbons (Fsp3) is 0.278. The van der Waals surface area contributed by atoms with Gasteiger partial charge < -0.3 is 15.2 Å². The molecule has 126 valence electrons. The summed E-state index contributed by atoms with van der Waals surface area (Å²) in [7, 11) is 0. The summed E-state index contributed by atoms with van der Waals surface area (Å²) in [6.45, 7) is 2.20. The number of phenols is 1. The second-order valence-corrected chi connectivity index (χ2v) is 5.61. The molecule has 1 heterocycles. The Labute approximate surface area is 139 Å². The quantitative estimate of drug-likeness (QED) is 0.846. The molecule has 6 heteroatoms. The number of carbonyl (C=O) groups is 1. The van der Waals surface area contributed by atoms with Gasteiger partial charge >= 0.3 is 0 Å². The third-order valence-corrected chi connectivity index (χ3v) is 3.99. The summed E-state index contributed by atoms with van der Waals surface area (Å²) in [5.74, 6) is -0.712. The van der Waals surface area contributed by atoms with Gasteiger partial charge in [-0.3, -0.25) is 9.69 Å². The Balaban J connectivity index is 1.88. The van der Waals surface area contributed by atoms with Crippen LogP contribution >= 0.6 is 0 Å². The monoisotopic (exact) mass is 330 g/mol. The number of halogens is 1. The molecule has 0 saturated carbocycles. The Hall–Kier alpha value is -2.44. The number of anilines is 1. The number of phenolic OH excluding ortho intramolecular Hbond substituents is 1. The molecule has 0 bridgehead atoms. The predicted molar refractivity (Wildman–Crippen MR) is 88.3 cm³/mol. The van der Waals surface area contributed by atoms with Gasteiger partial charge in [-0.1, -0.05) is 24.3 Å². The van der Waals surface area contributed by atoms with Crippen LogP contribution in [0, 0.1) is 5.82 Å². The SMILES string of the molecule is O=C(Nc1ccccc1O)[C@@H](c1cccc(F)c1)N1CCOCC1. The van der Waals surface area contributed by atoms with Crippen molar-refractivity contribution in [1.29, 1.82) is 0 Å². The lowest BCUT2D eigenvalue weighted by atomic mass is 10.0. The second-order valence-electron chi connectivity index (χ2n) is 5.61. The third kappa shape index (κ3) is 3.72. The maximum absolute atomic E-state index is 13.6. The molecule has 1 amide bonds. The zero-order chi connectivity index (χ0) is 16.9. The lowest BCUT2D eigenvalue weighted by Gasteiger charge is -2.33. The van der Waals surface area contributed by atoms with E-state index in [0.29, 0.717) is 37.6 Å². The molecule has 1 aliphatic rings. The van der Waals surface area contributed by atoms with Crippen LogP contribution in [-0.2, 0) is 9.53 Å².